The molecule has 0 fully saturated rings. The maximum Gasteiger partial charge on any atom is 0.186 e. The van der Waals surface area contributed by atoms with Crippen LogP contribution in [0.5, 0.6) is 0 Å². The summed E-state index contributed by atoms with van der Waals surface area (Å²) in [6.45, 7) is 1.51. The second kappa shape index (κ2) is 8.28. The molecule has 0 radical (unpaired) electrons. The van der Waals surface area contributed by atoms with Crippen LogP contribution in [0.3, 0.4) is 0 Å². The number of guanidine groups is 1. The van der Waals surface area contributed by atoms with Crippen molar-refractivity contribution in [1.82, 2.24) is 0 Å². The van der Waals surface area contributed by atoms with Gasteiger partial charge in [-0.05, 0) is 11.1 Å². The minimum atomic E-state index is -0.684. The monoisotopic (exact) mass is 363 g/mol. The van der Waals surface area contributed by atoms with Crippen molar-refractivity contribution in [2.24, 2.45) is 16.5 Å². The van der Waals surface area contributed by atoms with Gasteiger partial charge in [-0.25, -0.2) is 0 Å². The summed E-state index contributed by atoms with van der Waals surface area (Å²) in [4.78, 5) is 3.78. The first-order valence-electron chi connectivity index (χ1n) is 5.59. The minimum Gasteiger partial charge on any atom is -0.386 e. The van der Waals surface area contributed by atoms with Crippen LogP contribution in [0.1, 0.15) is 17.2 Å². The average molecular weight is 363 g/mol. The van der Waals surface area contributed by atoms with E-state index in [0.717, 1.165) is 22.2 Å². The number of nitrogens with two attached hydrogens (primary N) is 2. The van der Waals surface area contributed by atoms with E-state index in [1.165, 1.54) is 0 Å². The van der Waals surface area contributed by atoms with E-state index >= 15 is 0 Å². The number of aliphatic hydroxyl groups excluding tert-OH is 1. The van der Waals surface area contributed by atoms with Crippen LogP contribution in [0, 0.1) is 0 Å². The van der Waals surface area contributed by atoms with E-state index in [1.807, 2.05) is 24.3 Å². The molecule has 18 heavy (non-hydrogen) atoms. The van der Waals surface area contributed by atoms with Crippen molar-refractivity contribution in [2.75, 3.05) is 17.6 Å². The first-order valence-corrected chi connectivity index (χ1v) is 7.12. The molecule has 6 heteroatoms. The molecule has 5 nitrogen and oxygen atoms in total. The molecule has 0 aliphatic rings. The van der Waals surface area contributed by atoms with Gasteiger partial charge >= 0.3 is 0 Å². The van der Waals surface area contributed by atoms with Gasteiger partial charge in [-0.1, -0.05) is 46.9 Å². The Kier molecular flexibility index (Phi) is 6.99. The molecule has 0 aliphatic carbocycles. The lowest BCUT2D eigenvalue weighted by atomic mass is 10.1. The lowest BCUT2D eigenvalue weighted by molar-refractivity contribution is 0.138. The predicted octanol–water partition coefficient (Wildman–Crippen LogP) is 0.945. The largest absolute Gasteiger partial charge is 0.386 e. The second-order valence-corrected chi connectivity index (χ2v) is 4.84. The zero-order valence-electron chi connectivity index (χ0n) is 10.1. The van der Waals surface area contributed by atoms with Gasteiger partial charge < -0.3 is 21.3 Å². The number of rotatable bonds is 7. The Morgan fingerprint density at radius 2 is 2.00 bits per heavy atom. The Balaban J connectivity index is 2.51. The van der Waals surface area contributed by atoms with Gasteiger partial charge in [0.1, 0.15) is 0 Å². The average Bonchev–Trinajstić information content (AvgIpc) is 2.37. The summed E-state index contributed by atoms with van der Waals surface area (Å²) in [5.74, 6) is -0.0159. The van der Waals surface area contributed by atoms with E-state index in [9.17, 15) is 5.11 Å². The Hall–Kier alpha value is -0.860. The van der Waals surface area contributed by atoms with Crippen molar-refractivity contribution in [3.8, 4) is 0 Å². The van der Waals surface area contributed by atoms with Crippen LogP contribution in [0.15, 0.2) is 29.3 Å². The molecule has 1 aromatic carbocycles. The number of aliphatic hydroxyl groups is 1. The summed E-state index contributed by atoms with van der Waals surface area (Å²) in [6, 6.07) is 7.58. The maximum atomic E-state index is 9.82. The molecule has 0 saturated carbocycles. The molecule has 0 aromatic heterocycles. The number of hydrogen-bond acceptors (Lipinski definition) is 3. The van der Waals surface area contributed by atoms with Crippen molar-refractivity contribution in [3.05, 3.63) is 35.4 Å². The van der Waals surface area contributed by atoms with E-state index < -0.39 is 6.10 Å². The SMILES string of the molecule is NC(N)=NCC(O)c1ccc(COCCI)cc1. The molecule has 0 bridgehead atoms. The maximum absolute atomic E-state index is 9.82. The van der Waals surface area contributed by atoms with Crippen LogP contribution >= 0.6 is 22.6 Å². The van der Waals surface area contributed by atoms with Crippen LogP contribution < -0.4 is 11.5 Å². The highest BCUT2D eigenvalue weighted by Crippen LogP contribution is 2.14. The van der Waals surface area contributed by atoms with Crippen molar-refractivity contribution in [3.63, 3.8) is 0 Å². The molecule has 0 amide bonds. The number of benzene rings is 1. The highest BCUT2D eigenvalue weighted by atomic mass is 127. The lowest BCUT2D eigenvalue weighted by Crippen LogP contribution is -2.23. The van der Waals surface area contributed by atoms with Crippen molar-refractivity contribution in [1.29, 1.82) is 0 Å². The third kappa shape index (κ3) is 5.65. The Labute approximate surface area is 120 Å². The van der Waals surface area contributed by atoms with Gasteiger partial charge in [0.25, 0.3) is 0 Å². The quantitative estimate of drug-likeness (QED) is 0.221. The molecule has 1 atom stereocenters. The molecule has 0 saturated heterocycles. The third-order valence-corrected chi connectivity index (χ3v) is 2.74. The standard InChI is InChI=1S/C12H18IN3O2/c13-5-6-18-8-9-1-3-10(4-2-9)11(17)7-16-12(14)15/h1-4,11,17H,5-8H2,(H4,14,15,16). The van der Waals surface area contributed by atoms with E-state index in [2.05, 4.69) is 27.6 Å². The fraction of sp³-hybridized carbons (Fsp3) is 0.417. The van der Waals surface area contributed by atoms with Gasteiger partial charge in [0, 0.05) is 4.43 Å². The zero-order valence-corrected chi connectivity index (χ0v) is 12.2. The van der Waals surface area contributed by atoms with Gasteiger partial charge in [-0.3, -0.25) is 4.99 Å². The van der Waals surface area contributed by atoms with Crippen LogP contribution in [-0.2, 0) is 11.3 Å². The predicted molar refractivity (Wildman–Crippen MR) is 80.6 cm³/mol. The number of ether oxygens (including phenoxy) is 1. The molecule has 0 spiro atoms. The molecule has 1 aromatic rings. The van der Waals surface area contributed by atoms with Crippen molar-refractivity contribution < 1.29 is 9.84 Å². The topological polar surface area (TPSA) is 93.9 Å². The molecular weight excluding hydrogens is 345 g/mol. The Bertz CT molecular complexity index is 377. The number of aliphatic imine (C=N–C) groups is 1. The van der Waals surface area contributed by atoms with Gasteiger partial charge in [0.15, 0.2) is 5.96 Å². The fourth-order valence-electron chi connectivity index (χ4n) is 1.38. The van der Waals surface area contributed by atoms with Crippen molar-refractivity contribution >= 4 is 28.6 Å². The highest BCUT2D eigenvalue weighted by Gasteiger charge is 2.06. The van der Waals surface area contributed by atoms with Gasteiger partial charge in [0.05, 0.1) is 25.9 Å². The first-order chi connectivity index (χ1) is 8.63. The smallest absolute Gasteiger partial charge is 0.186 e. The molecular formula is C12H18IN3O2. The summed E-state index contributed by atoms with van der Waals surface area (Å²) in [6.07, 6.45) is -0.684. The van der Waals surface area contributed by atoms with E-state index in [4.69, 9.17) is 16.2 Å². The van der Waals surface area contributed by atoms with E-state index in [-0.39, 0.29) is 12.5 Å². The molecule has 1 unspecified atom stereocenters. The van der Waals surface area contributed by atoms with Gasteiger partial charge in [0.2, 0.25) is 0 Å². The van der Waals surface area contributed by atoms with Crippen LogP contribution in [-0.4, -0.2) is 28.6 Å². The summed E-state index contributed by atoms with van der Waals surface area (Å²) < 4.78 is 6.40. The van der Waals surface area contributed by atoms with Gasteiger partial charge in [-0.15, -0.1) is 0 Å². The first kappa shape index (κ1) is 15.2. The molecule has 1 rings (SSSR count). The Morgan fingerprint density at radius 1 is 1.33 bits per heavy atom. The number of halogens is 1. The zero-order chi connectivity index (χ0) is 13.4. The second-order valence-electron chi connectivity index (χ2n) is 3.76. The molecule has 0 aliphatic heterocycles. The number of alkyl halides is 1. The summed E-state index contributed by atoms with van der Waals surface area (Å²) in [5, 5.41) is 9.82. The molecule has 5 N–H and O–H groups in total. The van der Waals surface area contributed by atoms with Crippen LogP contribution in [0.25, 0.3) is 0 Å². The normalized spacial score (nSPS) is 12.1. The van der Waals surface area contributed by atoms with E-state index in [0.29, 0.717) is 6.61 Å². The van der Waals surface area contributed by atoms with Gasteiger partial charge in [-0.2, -0.15) is 0 Å². The molecule has 100 valence electrons. The highest BCUT2D eigenvalue weighted by molar-refractivity contribution is 14.1. The lowest BCUT2D eigenvalue weighted by Gasteiger charge is -2.09. The van der Waals surface area contributed by atoms with Crippen LogP contribution in [0.4, 0.5) is 0 Å². The number of hydrogen-bond donors (Lipinski definition) is 3. The summed E-state index contributed by atoms with van der Waals surface area (Å²) in [7, 11) is 0. The summed E-state index contributed by atoms with van der Waals surface area (Å²) in [5.41, 5.74) is 12.3. The Morgan fingerprint density at radius 3 is 2.56 bits per heavy atom. The fourth-order valence-corrected chi connectivity index (χ4v) is 1.69. The van der Waals surface area contributed by atoms with E-state index in [1.54, 1.807) is 0 Å². The third-order valence-electron chi connectivity index (χ3n) is 2.30. The minimum absolute atomic E-state index is 0.0159. The van der Waals surface area contributed by atoms with Crippen molar-refractivity contribution in [2.45, 2.75) is 12.7 Å². The summed E-state index contributed by atoms with van der Waals surface area (Å²) >= 11 is 2.27. The molecule has 0 heterocycles. The number of nitrogens with zero attached hydrogens (tertiary/aromatic N) is 1. The van der Waals surface area contributed by atoms with Crippen LogP contribution in [0.2, 0.25) is 0 Å².